The summed E-state index contributed by atoms with van der Waals surface area (Å²) in [6.45, 7) is 0. The predicted octanol–water partition coefficient (Wildman–Crippen LogP) is 9.32. The molecule has 6 aromatic rings. The fourth-order valence-corrected chi connectivity index (χ4v) is 6.94. The molecule has 1 aliphatic heterocycles. The van der Waals surface area contributed by atoms with Crippen molar-refractivity contribution >= 4 is 52.6 Å². The number of para-hydroxylation sites is 2. The summed E-state index contributed by atoms with van der Waals surface area (Å²) >= 11 is 1.41. The van der Waals surface area contributed by atoms with Gasteiger partial charge in [0, 0.05) is 16.1 Å². The van der Waals surface area contributed by atoms with Crippen LogP contribution in [0.15, 0.2) is 168 Å². The van der Waals surface area contributed by atoms with Crippen molar-refractivity contribution in [2.45, 2.75) is 17.7 Å². The lowest BCUT2D eigenvalue weighted by molar-refractivity contribution is -0.115. The van der Waals surface area contributed by atoms with Gasteiger partial charge in [0.1, 0.15) is 5.70 Å². The summed E-state index contributed by atoms with van der Waals surface area (Å²) in [5.41, 5.74) is 8.10. The highest BCUT2D eigenvalue weighted by atomic mass is 32.2. The van der Waals surface area contributed by atoms with Gasteiger partial charge in [0.05, 0.1) is 17.1 Å². The van der Waals surface area contributed by atoms with E-state index in [1.807, 2.05) is 120 Å². The highest BCUT2D eigenvalue weighted by Gasteiger charge is 2.25. The molecule has 7 heteroatoms. The first kappa shape index (κ1) is 33.3. The fraction of sp³-hybridized carbons (Fsp3) is 0.0682. The minimum atomic E-state index is -0.470. The van der Waals surface area contributed by atoms with Crippen LogP contribution in [-0.4, -0.2) is 23.5 Å². The molecule has 6 nitrogen and oxygen atoms in total. The normalized spacial score (nSPS) is 12.2. The molecular formula is C44H35N3O3S. The van der Waals surface area contributed by atoms with Crippen LogP contribution in [0.25, 0.3) is 17.2 Å². The lowest BCUT2D eigenvalue weighted by atomic mass is 10.0. The second kappa shape index (κ2) is 15.6. The molecule has 2 N–H and O–H groups in total. The second-order valence-electron chi connectivity index (χ2n) is 12.1. The van der Waals surface area contributed by atoms with Crippen LogP contribution < -0.4 is 15.5 Å². The topological polar surface area (TPSA) is 78.5 Å². The number of fused-ring (bicyclic) bond motifs is 2. The average Bonchev–Trinajstić information content (AvgIpc) is 3.35. The van der Waals surface area contributed by atoms with Crippen molar-refractivity contribution in [1.29, 1.82) is 0 Å². The maximum absolute atomic E-state index is 13.9. The van der Waals surface area contributed by atoms with Crippen LogP contribution in [0.3, 0.4) is 0 Å². The van der Waals surface area contributed by atoms with Crippen molar-refractivity contribution in [3.63, 3.8) is 0 Å². The molecule has 6 aromatic carbocycles. The minimum absolute atomic E-state index is 0.0247. The molecule has 0 aliphatic carbocycles. The Morgan fingerprint density at radius 2 is 1.22 bits per heavy atom. The van der Waals surface area contributed by atoms with Crippen LogP contribution in [0.2, 0.25) is 0 Å². The van der Waals surface area contributed by atoms with E-state index < -0.39 is 11.8 Å². The first-order chi connectivity index (χ1) is 25.0. The van der Waals surface area contributed by atoms with Crippen LogP contribution in [0.4, 0.5) is 17.1 Å². The van der Waals surface area contributed by atoms with Gasteiger partial charge < -0.3 is 10.6 Å². The molecule has 0 bridgehead atoms. The lowest BCUT2D eigenvalue weighted by Gasteiger charge is -2.25. The number of rotatable bonds is 9. The quantitative estimate of drug-likeness (QED) is 0.118. The molecule has 0 unspecified atom stereocenters. The number of hydrogen-bond acceptors (Lipinski definition) is 4. The SMILES string of the molecule is O=C(Nc1cccc(SCC(=O)N2c3ccccc3CCc3ccccc32)c1)/C(=C/c1ccc(-c2ccccc2)cc1)NC(=O)c1ccccc1. The van der Waals surface area contributed by atoms with Crippen LogP contribution in [0.5, 0.6) is 0 Å². The molecule has 0 fully saturated rings. The summed E-state index contributed by atoms with van der Waals surface area (Å²) in [7, 11) is 0. The summed E-state index contributed by atoms with van der Waals surface area (Å²) in [5.74, 6) is -0.680. The molecule has 0 saturated heterocycles. The van der Waals surface area contributed by atoms with Gasteiger partial charge in [-0.05, 0) is 89.2 Å². The Bertz CT molecular complexity index is 2170. The standard InChI is InChI=1S/C44H35N3O3S/c48-42(47-40-20-9-7-14-34(40)26-27-35-15-8-10-21-41(35)47)30-51-38-19-11-18-37(29-38)45-44(50)39(46-43(49)36-16-5-2-6-17-36)28-31-22-24-33(25-23-31)32-12-3-1-4-13-32/h1-25,28-29H,26-27,30H2,(H,45,50)(H,46,49)/b39-28-. The van der Waals surface area contributed by atoms with E-state index in [2.05, 4.69) is 22.8 Å². The summed E-state index contributed by atoms with van der Waals surface area (Å²) < 4.78 is 0. The Morgan fingerprint density at radius 1 is 0.627 bits per heavy atom. The van der Waals surface area contributed by atoms with E-state index in [0.29, 0.717) is 11.3 Å². The molecule has 0 radical (unpaired) electrons. The highest BCUT2D eigenvalue weighted by Crippen LogP contribution is 2.37. The Hall–Kier alpha value is -6.18. The van der Waals surface area contributed by atoms with Gasteiger partial charge in [-0.25, -0.2) is 0 Å². The Morgan fingerprint density at radius 3 is 1.88 bits per heavy atom. The minimum Gasteiger partial charge on any atom is -0.321 e. The second-order valence-corrected chi connectivity index (χ2v) is 13.2. The van der Waals surface area contributed by atoms with Gasteiger partial charge in [-0.1, -0.05) is 115 Å². The molecule has 0 spiro atoms. The smallest absolute Gasteiger partial charge is 0.272 e. The van der Waals surface area contributed by atoms with E-state index >= 15 is 0 Å². The van der Waals surface area contributed by atoms with Crippen molar-refractivity contribution in [1.82, 2.24) is 5.32 Å². The molecular weight excluding hydrogens is 651 g/mol. The average molecular weight is 686 g/mol. The Kier molecular flexibility index (Phi) is 10.2. The maximum Gasteiger partial charge on any atom is 0.272 e. The zero-order valence-electron chi connectivity index (χ0n) is 27.8. The van der Waals surface area contributed by atoms with Gasteiger partial charge in [0.2, 0.25) is 5.91 Å². The first-order valence-electron chi connectivity index (χ1n) is 16.8. The first-order valence-corrected chi connectivity index (χ1v) is 17.8. The number of hydrogen-bond donors (Lipinski definition) is 2. The van der Waals surface area contributed by atoms with Crippen molar-refractivity contribution in [3.8, 4) is 11.1 Å². The van der Waals surface area contributed by atoms with Gasteiger partial charge in [-0.2, -0.15) is 0 Å². The molecule has 0 aromatic heterocycles. The van der Waals surface area contributed by atoms with Crippen LogP contribution in [0, 0.1) is 0 Å². The number of carbonyl (C=O) groups is 3. The molecule has 51 heavy (non-hydrogen) atoms. The molecule has 0 saturated carbocycles. The summed E-state index contributed by atoms with van der Waals surface area (Å²) in [6, 6.07) is 50.2. The maximum atomic E-state index is 13.9. The third-order valence-electron chi connectivity index (χ3n) is 8.69. The van der Waals surface area contributed by atoms with Crippen molar-refractivity contribution in [2.24, 2.45) is 0 Å². The third kappa shape index (κ3) is 8.01. The van der Waals surface area contributed by atoms with Gasteiger partial charge in [-0.15, -0.1) is 11.8 Å². The van der Waals surface area contributed by atoms with E-state index in [4.69, 9.17) is 0 Å². The molecule has 1 heterocycles. The van der Waals surface area contributed by atoms with E-state index in [1.165, 1.54) is 11.8 Å². The third-order valence-corrected chi connectivity index (χ3v) is 9.67. The Labute approximate surface area is 301 Å². The van der Waals surface area contributed by atoms with Gasteiger partial charge >= 0.3 is 0 Å². The number of nitrogens with one attached hydrogen (secondary N) is 2. The fourth-order valence-electron chi connectivity index (χ4n) is 6.13. The summed E-state index contributed by atoms with van der Waals surface area (Å²) in [4.78, 5) is 43.5. The van der Waals surface area contributed by atoms with Gasteiger partial charge in [0.25, 0.3) is 11.8 Å². The van der Waals surface area contributed by atoms with Crippen LogP contribution in [0.1, 0.15) is 27.0 Å². The number of thioether (sulfide) groups is 1. The van der Waals surface area contributed by atoms with Crippen molar-refractivity contribution in [2.75, 3.05) is 16.0 Å². The predicted molar refractivity (Wildman–Crippen MR) is 207 cm³/mol. The molecule has 0 atom stereocenters. The molecule has 7 rings (SSSR count). The monoisotopic (exact) mass is 685 g/mol. The zero-order chi connectivity index (χ0) is 35.0. The molecule has 3 amide bonds. The summed E-state index contributed by atoms with van der Waals surface area (Å²) in [5, 5.41) is 5.77. The summed E-state index contributed by atoms with van der Waals surface area (Å²) in [6.07, 6.45) is 3.40. The van der Waals surface area contributed by atoms with Crippen molar-refractivity contribution in [3.05, 3.63) is 186 Å². The lowest BCUT2D eigenvalue weighted by Crippen LogP contribution is -2.30. The number of amides is 3. The van der Waals surface area contributed by atoms with Crippen LogP contribution >= 0.6 is 11.8 Å². The Balaban J connectivity index is 1.09. The number of anilines is 3. The van der Waals surface area contributed by atoms with E-state index in [0.717, 1.165) is 56.9 Å². The van der Waals surface area contributed by atoms with E-state index in [1.54, 1.807) is 36.4 Å². The number of nitrogens with zero attached hydrogens (tertiary/aromatic N) is 1. The molecule has 250 valence electrons. The largest absolute Gasteiger partial charge is 0.321 e. The van der Waals surface area contributed by atoms with Crippen molar-refractivity contribution < 1.29 is 14.4 Å². The van der Waals surface area contributed by atoms with Crippen LogP contribution in [-0.2, 0) is 22.4 Å². The van der Waals surface area contributed by atoms with E-state index in [9.17, 15) is 14.4 Å². The number of aryl methyl sites for hydroxylation is 2. The van der Waals surface area contributed by atoms with Gasteiger partial charge in [0.15, 0.2) is 0 Å². The van der Waals surface area contributed by atoms with E-state index in [-0.39, 0.29) is 17.4 Å². The zero-order valence-corrected chi connectivity index (χ0v) is 28.6. The number of carbonyl (C=O) groups excluding carboxylic acids is 3. The molecule has 1 aliphatic rings. The highest BCUT2D eigenvalue weighted by molar-refractivity contribution is 8.00. The van der Waals surface area contributed by atoms with Gasteiger partial charge in [-0.3, -0.25) is 19.3 Å². The number of benzene rings is 6.